The minimum absolute atomic E-state index is 0.00473. The fraction of sp³-hybridized carbons (Fsp3) is 0.192. The third kappa shape index (κ3) is 5.23. The van der Waals surface area contributed by atoms with Gasteiger partial charge in [0.2, 0.25) is 0 Å². The highest BCUT2D eigenvalue weighted by atomic mass is 32.2. The molecular weight excluding hydrogens is 480 g/mol. The summed E-state index contributed by atoms with van der Waals surface area (Å²) in [4.78, 5) is 25.2. The molecular formula is C26H26N4O5S. The first-order chi connectivity index (χ1) is 17.2. The standard InChI is InChI=1S/C26H26N4O5S/c1-4-35-20-10-12-21(13-11-20)36(33,34)30(19-8-5-17(2)6-9-19)16-24(31)28-29-25-22-14-7-18(3)15-23(22)27-26(25)32/h5-15H,4,16H2,1-3H3,(H,28,31)(H,27,29,32). The number of hydrogen-bond donors (Lipinski definition) is 2. The maximum absolute atomic E-state index is 13.5. The molecule has 10 heteroatoms. The number of fused-ring (bicyclic) bond motifs is 1. The van der Waals surface area contributed by atoms with E-state index in [1.165, 1.54) is 12.1 Å². The van der Waals surface area contributed by atoms with Crippen LogP contribution in [0.15, 0.2) is 76.7 Å². The predicted octanol–water partition coefficient (Wildman–Crippen LogP) is 3.37. The Morgan fingerprint density at radius 1 is 1.00 bits per heavy atom. The van der Waals surface area contributed by atoms with E-state index in [4.69, 9.17) is 4.74 Å². The van der Waals surface area contributed by atoms with Crippen LogP contribution in [0.5, 0.6) is 5.75 Å². The van der Waals surface area contributed by atoms with Crippen LogP contribution >= 0.6 is 0 Å². The van der Waals surface area contributed by atoms with Crippen molar-refractivity contribution in [3.05, 3.63) is 83.4 Å². The number of rotatable bonds is 8. The van der Waals surface area contributed by atoms with Crippen LogP contribution in [0.3, 0.4) is 0 Å². The Hall–Kier alpha value is -4.18. The summed E-state index contributed by atoms with van der Waals surface area (Å²) in [7, 11) is -4.11. The van der Waals surface area contributed by atoms with Gasteiger partial charge in [-0.05, 0) is 68.8 Å². The summed E-state index contributed by atoms with van der Waals surface area (Å²) in [6, 6.07) is 18.1. The summed E-state index contributed by atoms with van der Waals surface area (Å²) in [5.74, 6) is -0.614. The molecule has 3 aromatic rings. The van der Waals surface area contributed by atoms with Crippen LogP contribution in [0.4, 0.5) is 11.4 Å². The number of ether oxygens (including phenoxy) is 1. The lowest BCUT2D eigenvalue weighted by Crippen LogP contribution is -2.40. The Kier molecular flexibility index (Phi) is 7.07. The molecule has 1 aliphatic heterocycles. The molecule has 0 aliphatic carbocycles. The first-order valence-corrected chi connectivity index (χ1v) is 12.7. The Balaban J connectivity index is 1.60. The molecule has 0 aromatic heterocycles. The van der Waals surface area contributed by atoms with Crippen molar-refractivity contribution >= 4 is 38.9 Å². The van der Waals surface area contributed by atoms with Crippen LogP contribution in [0.25, 0.3) is 0 Å². The lowest BCUT2D eigenvalue weighted by Gasteiger charge is -2.24. The van der Waals surface area contributed by atoms with Crippen LogP contribution in [-0.2, 0) is 19.6 Å². The number of hydrazone groups is 1. The van der Waals surface area contributed by atoms with E-state index in [-0.39, 0.29) is 10.6 Å². The average molecular weight is 507 g/mol. The van der Waals surface area contributed by atoms with Crippen molar-refractivity contribution in [2.45, 2.75) is 25.7 Å². The minimum Gasteiger partial charge on any atom is -0.494 e. The molecule has 0 radical (unpaired) electrons. The van der Waals surface area contributed by atoms with E-state index >= 15 is 0 Å². The molecule has 0 fully saturated rings. The number of hydrogen-bond acceptors (Lipinski definition) is 6. The second-order valence-electron chi connectivity index (χ2n) is 8.25. The number of anilines is 2. The van der Waals surface area contributed by atoms with Gasteiger partial charge in [-0.3, -0.25) is 13.9 Å². The zero-order valence-corrected chi connectivity index (χ0v) is 20.9. The number of nitrogens with one attached hydrogen (secondary N) is 2. The summed E-state index contributed by atoms with van der Waals surface area (Å²) in [6.45, 7) is 5.52. The van der Waals surface area contributed by atoms with Crippen LogP contribution in [0.2, 0.25) is 0 Å². The van der Waals surface area contributed by atoms with Gasteiger partial charge in [0.15, 0.2) is 5.71 Å². The van der Waals surface area contributed by atoms with Gasteiger partial charge in [0.25, 0.3) is 21.8 Å². The third-order valence-electron chi connectivity index (χ3n) is 5.52. The lowest BCUT2D eigenvalue weighted by molar-refractivity contribution is -0.119. The zero-order valence-electron chi connectivity index (χ0n) is 20.1. The second kappa shape index (κ2) is 10.2. The Morgan fingerprint density at radius 2 is 1.67 bits per heavy atom. The molecule has 4 rings (SSSR count). The number of carbonyl (C=O) groups excluding carboxylic acids is 2. The molecule has 2 N–H and O–H groups in total. The molecule has 1 heterocycles. The fourth-order valence-corrected chi connectivity index (χ4v) is 5.12. The van der Waals surface area contributed by atoms with E-state index < -0.39 is 28.4 Å². The summed E-state index contributed by atoms with van der Waals surface area (Å²) < 4.78 is 33.5. The van der Waals surface area contributed by atoms with Gasteiger partial charge in [0, 0.05) is 5.56 Å². The van der Waals surface area contributed by atoms with E-state index in [1.54, 1.807) is 48.5 Å². The molecule has 0 atom stereocenters. The maximum Gasteiger partial charge on any atom is 0.276 e. The number of sulfonamides is 1. The Bertz CT molecular complexity index is 1430. The van der Waals surface area contributed by atoms with Gasteiger partial charge in [0.05, 0.1) is 22.9 Å². The predicted molar refractivity (Wildman–Crippen MR) is 138 cm³/mol. The molecule has 0 spiro atoms. The van der Waals surface area contributed by atoms with Gasteiger partial charge < -0.3 is 10.1 Å². The minimum atomic E-state index is -4.11. The number of benzene rings is 3. The quantitative estimate of drug-likeness (QED) is 0.455. The summed E-state index contributed by atoms with van der Waals surface area (Å²) in [6.07, 6.45) is 0. The second-order valence-corrected chi connectivity index (χ2v) is 10.1. The van der Waals surface area contributed by atoms with E-state index in [0.29, 0.717) is 29.3 Å². The summed E-state index contributed by atoms with van der Waals surface area (Å²) in [5, 5.41) is 6.70. The zero-order chi connectivity index (χ0) is 25.9. The first kappa shape index (κ1) is 24.9. The van der Waals surface area contributed by atoms with Crippen molar-refractivity contribution in [3.8, 4) is 5.75 Å². The highest BCUT2D eigenvalue weighted by molar-refractivity contribution is 7.92. The van der Waals surface area contributed by atoms with E-state index in [9.17, 15) is 18.0 Å². The molecule has 1 aliphatic rings. The van der Waals surface area contributed by atoms with Crippen LogP contribution in [-0.4, -0.2) is 39.1 Å². The van der Waals surface area contributed by atoms with Crippen molar-refractivity contribution in [2.75, 3.05) is 22.8 Å². The van der Waals surface area contributed by atoms with Crippen molar-refractivity contribution in [1.29, 1.82) is 0 Å². The van der Waals surface area contributed by atoms with Gasteiger partial charge in [-0.2, -0.15) is 5.10 Å². The maximum atomic E-state index is 13.5. The normalized spacial score (nSPS) is 13.8. The summed E-state index contributed by atoms with van der Waals surface area (Å²) in [5.41, 5.74) is 5.77. The first-order valence-electron chi connectivity index (χ1n) is 11.3. The topological polar surface area (TPSA) is 117 Å². The fourth-order valence-electron chi connectivity index (χ4n) is 3.69. The largest absolute Gasteiger partial charge is 0.494 e. The summed E-state index contributed by atoms with van der Waals surface area (Å²) >= 11 is 0. The van der Waals surface area contributed by atoms with Gasteiger partial charge in [0.1, 0.15) is 12.3 Å². The van der Waals surface area contributed by atoms with Crippen molar-refractivity contribution < 1.29 is 22.7 Å². The molecule has 0 unspecified atom stereocenters. The number of carbonyl (C=O) groups is 2. The van der Waals surface area contributed by atoms with Gasteiger partial charge in [-0.25, -0.2) is 13.8 Å². The van der Waals surface area contributed by atoms with E-state index in [2.05, 4.69) is 15.8 Å². The Labute approximate surface area is 209 Å². The van der Waals surface area contributed by atoms with Gasteiger partial charge >= 0.3 is 0 Å². The monoisotopic (exact) mass is 506 g/mol. The Morgan fingerprint density at radius 3 is 2.33 bits per heavy atom. The third-order valence-corrected chi connectivity index (χ3v) is 7.31. The van der Waals surface area contributed by atoms with Crippen LogP contribution in [0.1, 0.15) is 23.6 Å². The number of amides is 2. The van der Waals surface area contributed by atoms with E-state index in [0.717, 1.165) is 15.4 Å². The molecule has 186 valence electrons. The lowest BCUT2D eigenvalue weighted by atomic mass is 10.1. The SMILES string of the molecule is CCOc1ccc(S(=O)(=O)N(CC(=O)N/N=C2\C(=O)Nc3cc(C)ccc32)c2ccc(C)cc2)cc1. The number of aryl methyl sites for hydroxylation is 2. The molecule has 2 amide bonds. The van der Waals surface area contributed by atoms with Crippen molar-refractivity contribution in [1.82, 2.24) is 5.43 Å². The number of nitrogens with zero attached hydrogens (tertiary/aromatic N) is 2. The van der Waals surface area contributed by atoms with Crippen molar-refractivity contribution in [3.63, 3.8) is 0 Å². The highest BCUT2D eigenvalue weighted by Crippen LogP contribution is 2.26. The smallest absolute Gasteiger partial charge is 0.276 e. The molecule has 0 bridgehead atoms. The molecule has 3 aromatic carbocycles. The molecule has 9 nitrogen and oxygen atoms in total. The van der Waals surface area contributed by atoms with E-state index in [1.807, 2.05) is 26.8 Å². The molecule has 36 heavy (non-hydrogen) atoms. The molecule has 0 saturated carbocycles. The highest BCUT2D eigenvalue weighted by Gasteiger charge is 2.29. The van der Waals surface area contributed by atoms with Crippen LogP contribution < -0.4 is 19.8 Å². The van der Waals surface area contributed by atoms with Gasteiger partial charge in [-0.15, -0.1) is 0 Å². The van der Waals surface area contributed by atoms with Gasteiger partial charge in [-0.1, -0.05) is 29.8 Å². The average Bonchev–Trinajstić information content (AvgIpc) is 3.16. The molecule has 0 saturated heterocycles. The van der Waals surface area contributed by atoms with Crippen LogP contribution in [0, 0.1) is 13.8 Å². The van der Waals surface area contributed by atoms with Crippen molar-refractivity contribution in [2.24, 2.45) is 5.10 Å².